The topological polar surface area (TPSA) is 82.9 Å². The zero-order chi connectivity index (χ0) is 14.1. The van der Waals surface area contributed by atoms with E-state index in [0.717, 1.165) is 42.5 Å². The second-order valence-electron chi connectivity index (χ2n) is 5.01. The summed E-state index contributed by atoms with van der Waals surface area (Å²) >= 11 is 0. The Morgan fingerprint density at radius 1 is 1.20 bits per heavy atom. The zero-order valence-corrected chi connectivity index (χ0v) is 11.1. The maximum atomic E-state index is 10.1. The van der Waals surface area contributed by atoms with E-state index in [1.165, 1.54) is 0 Å². The molecule has 1 aliphatic carbocycles. The van der Waals surface area contributed by atoms with Gasteiger partial charge in [0.2, 0.25) is 0 Å². The van der Waals surface area contributed by atoms with Crippen LogP contribution in [0.1, 0.15) is 29.7 Å². The number of para-hydroxylation sites is 1. The number of phenolic OH excluding ortho intramolecular Hbond substituents is 1. The fourth-order valence-corrected chi connectivity index (χ4v) is 2.86. The number of aromatic nitrogens is 1. The van der Waals surface area contributed by atoms with Gasteiger partial charge in [-0.15, -0.1) is 0 Å². The Balaban J connectivity index is 2.36. The first-order chi connectivity index (χ1) is 9.72. The number of nitrogens with zero attached hydrogens (tertiary/aromatic N) is 2. The average molecular weight is 265 g/mol. The van der Waals surface area contributed by atoms with Crippen molar-refractivity contribution in [1.29, 1.82) is 5.26 Å². The van der Waals surface area contributed by atoms with E-state index < -0.39 is 0 Å². The van der Waals surface area contributed by atoms with E-state index in [-0.39, 0.29) is 11.6 Å². The molecule has 1 heterocycles. The third-order valence-electron chi connectivity index (χ3n) is 3.79. The smallest absolute Gasteiger partial charge is 0.142 e. The van der Waals surface area contributed by atoms with Crippen LogP contribution in [-0.2, 0) is 12.8 Å². The molecule has 0 unspecified atom stereocenters. The molecule has 2 aromatic rings. The quantitative estimate of drug-likeness (QED) is 0.830. The number of rotatable bonds is 1. The Labute approximate surface area is 117 Å². The van der Waals surface area contributed by atoms with Crippen molar-refractivity contribution in [3.05, 3.63) is 41.1 Å². The van der Waals surface area contributed by atoms with Crippen LogP contribution < -0.4 is 5.73 Å². The second kappa shape index (κ2) is 4.86. The van der Waals surface area contributed by atoms with Gasteiger partial charge in [-0.2, -0.15) is 5.26 Å². The molecule has 0 saturated carbocycles. The lowest BCUT2D eigenvalue weighted by molar-refractivity contribution is 0.477. The molecule has 0 saturated heterocycles. The van der Waals surface area contributed by atoms with Crippen molar-refractivity contribution in [3.8, 4) is 22.9 Å². The van der Waals surface area contributed by atoms with E-state index in [0.29, 0.717) is 11.1 Å². The number of aryl methyl sites for hydroxylation is 1. The molecule has 1 aromatic carbocycles. The summed E-state index contributed by atoms with van der Waals surface area (Å²) in [5.74, 6) is 0.425. The molecule has 100 valence electrons. The number of nitrogen functional groups attached to an aromatic ring is 1. The highest BCUT2D eigenvalue weighted by atomic mass is 16.3. The molecule has 0 amide bonds. The third-order valence-corrected chi connectivity index (χ3v) is 3.79. The second-order valence-corrected chi connectivity index (χ2v) is 5.01. The Morgan fingerprint density at radius 3 is 2.70 bits per heavy atom. The van der Waals surface area contributed by atoms with Crippen molar-refractivity contribution < 1.29 is 5.11 Å². The van der Waals surface area contributed by atoms with Crippen LogP contribution in [0.5, 0.6) is 5.75 Å². The predicted molar refractivity (Wildman–Crippen MR) is 77.1 cm³/mol. The third kappa shape index (κ3) is 1.88. The maximum Gasteiger partial charge on any atom is 0.142 e. The van der Waals surface area contributed by atoms with Gasteiger partial charge in [-0.1, -0.05) is 18.2 Å². The molecule has 0 fully saturated rings. The van der Waals surface area contributed by atoms with Gasteiger partial charge in [0.05, 0.1) is 0 Å². The number of hydrogen-bond donors (Lipinski definition) is 2. The zero-order valence-electron chi connectivity index (χ0n) is 11.1. The summed E-state index contributed by atoms with van der Waals surface area (Å²) in [6.45, 7) is 0. The van der Waals surface area contributed by atoms with Gasteiger partial charge in [0.15, 0.2) is 0 Å². The van der Waals surface area contributed by atoms with Gasteiger partial charge < -0.3 is 10.8 Å². The van der Waals surface area contributed by atoms with Gasteiger partial charge in [-0.05, 0) is 37.3 Å². The van der Waals surface area contributed by atoms with Crippen LogP contribution in [0.15, 0.2) is 24.3 Å². The number of aromatic hydroxyl groups is 1. The van der Waals surface area contributed by atoms with Gasteiger partial charge in [-0.3, -0.25) is 0 Å². The Hall–Kier alpha value is -2.54. The standard InChI is InChI=1S/C16H15N3O/c17-9-12-15(11-6-2-4-8-14(11)20)10-5-1-3-7-13(10)19-16(12)18/h2,4,6,8,20H,1,3,5,7H2,(H2,18,19). The Bertz CT molecular complexity index is 716. The fourth-order valence-electron chi connectivity index (χ4n) is 2.86. The van der Waals surface area contributed by atoms with Crippen LogP contribution in [0.4, 0.5) is 5.82 Å². The highest BCUT2D eigenvalue weighted by Crippen LogP contribution is 2.39. The molecule has 3 N–H and O–H groups in total. The molecule has 1 aromatic heterocycles. The van der Waals surface area contributed by atoms with Crippen molar-refractivity contribution in [2.45, 2.75) is 25.7 Å². The normalized spacial score (nSPS) is 13.6. The number of benzene rings is 1. The first-order valence-corrected chi connectivity index (χ1v) is 6.72. The molecule has 0 bridgehead atoms. The molecule has 0 aliphatic heterocycles. The summed E-state index contributed by atoms with van der Waals surface area (Å²) in [5, 5.41) is 19.5. The summed E-state index contributed by atoms with van der Waals surface area (Å²) in [6.07, 6.45) is 3.92. The molecule has 20 heavy (non-hydrogen) atoms. The number of nitrogens with two attached hydrogens (primary N) is 1. The lowest BCUT2D eigenvalue weighted by Crippen LogP contribution is -2.11. The summed E-state index contributed by atoms with van der Waals surface area (Å²) in [7, 11) is 0. The summed E-state index contributed by atoms with van der Waals surface area (Å²) in [4.78, 5) is 4.37. The van der Waals surface area contributed by atoms with Crippen LogP contribution in [0.25, 0.3) is 11.1 Å². The number of pyridine rings is 1. The minimum atomic E-state index is 0.169. The monoisotopic (exact) mass is 265 g/mol. The highest BCUT2D eigenvalue weighted by Gasteiger charge is 2.23. The average Bonchev–Trinajstić information content (AvgIpc) is 2.46. The van der Waals surface area contributed by atoms with Crippen molar-refractivity contribution in [2.75, 3.05) is 5.73 Å². The molecule has 0 radical (unpaired) electrons. The van der Waals surface area contributed by atoms with Crippen molar-refractivity contribution in [3.63, 3.8) is 0 Å². The van der Waals surface area contributed by atoms with Gasteiger partial charge in [0, 0.05) is 16.8 Å². The summed E-state index contributed by atoms with van der Waals surface area (Å²) < 4.78 is 0. The van der Waals surface area contributed by atoms with Crippen LogP contribution >= 0.6 is 0 Å². The van der Waals surface area contributed by atoms with Crippen molar-refractivity contribution >= 4 is 5.82 Å². The molecular formula is C16H15N3O. The minimum absolute atomic E-state index is 0.169. The molecule has 3 rings (SSSR count). The number of phenols is 1. The van der Waals surface area contributed by atoms with Gasteiger partial charge in [0.1, 0.15) is 23.2 Å². The van der Waals surface area contributed by atoms with E-state index in [4.69, 9.17) is 5.73 Å². The fraction of sp³-hybridized carbons (Fsp3) is 0.250. The van der Waals surface area contributed by atoms with Gasteiger partial charge in [0.25, 0.3) is 0 Å². The minimum Gasteiger partial charge on any atom is -0.507 e. The van der Waals surface area contributed by atoms with Crippen LogP contribution in [0, 0.1) is 11.3 Å². The van der Waals surface area contributed by atoms with Crippen molar-refractivity contribution in [1.82, 2.24) is 4.98 Å². The first-order valence-electron chi connectivity index (χ1n) is 6.72. The summed E-state index contributed by atoms with van der Waals surface area (Å²) in [5.41, 5.74) is 9.74. The van der Waals surface area contributed by atoms with Crippen LogP contribution in [0.2, 0.25) is 0 Å². The molecule has 1 aliphatic rings. The van der Waals surface area contributed by atoms with Crippen molar-refractivity contribution in [2.24, 2.45) is 0 Å². The lowest BCUT2D eigenvalue weighted by atomic mass is 9.86. The van der Waals surface area contributed by atoms with E-state index >= 15 is 0 Å². The molecule has 4 heteroatoms. The Morgan fingerprint density at radius 2 is 1.95 bits per heavy atom. The largest absolute Gasteiger partial charge is 0.507 e. The number of fused-ring (bicyclic) bond motifs is 1. The summed E-state index contributed by atoms with van der Waals surface area (Å²) in [6, 6.07) is 9.20. The highest BCUT2D eigenvalue weighted by molar-refractivity contribution is 5.82. The van der Waals surface area contributed by atoms with E-state index in [1.807, 2.05) is 12.1 Å². The molecular weight excluding hydrogens is 250 g/mol. The van der Waals surface area contributed by atoms with Crippen LogP contribution in [-0.4, -0.2) is 10.1 Å². The molecule has 0 spiro atoms. The first kappa shape index (κ1) is 12.5. The molecule has 4 nitrogen and oxygen atoms in total. The van der Waals surface area contributed by atoms with Gasteiger partial charge in [-0.25, -0.2) is 4.98 Å². The van der Waals surface area contributed by atoms with E-state index in [1.54, 1.807) is 12.1 Å². The SMILES string of the molecule is N#Cc1c(N)nc2c(c1-c1ccccc1O)CCCC2. The number of hydrogen-bond acceptors (Lipinski definition) is 4. The Kier molecular flexibility index (Phi) is 3.03. The number of anilines is 1. The van der Waals surface area contributed by atoms with E-state index in [2.05, 4.69) is 11.1 Å². The number of nitriles is 1. The maximum absolute atomic E-state index is 10.1. The lowest BCUT2D eigenvalue weighted by Gasteiger charge is -2.21. The molecule has 0 atom stereocenters. The van der Waals surface area contributed by atoms with Crippen LogP contribution in [0.3, 0.4) is 0 Å². The predicted octanol–water partition coefficient (Wildman–Crippen LogP) is 2.79. The van der Waals surface area contributed by atoms with Gasteiger partial charge >= 0.3 is 0 Å². The van der Waals surface area contributed by atoms with E-state index in [9.17, 15) is 10.4 Å².